The van der Waals surface area contributed by atoms with Crippen molar-refractivity contribution in [3.63, 3.8) is 0 Å². The molecular formula is C28H25ClN2O7. The van der Waals surface area contributed by atoms with Crippen LogP contribution in [0.5, 0.6) is 23.0 Å². The number of urea groups is 1. The van der Waals surface area contributed by atoms with Crippen molar-refractivity contribution in [1.29, 1.82) is 0 Å². The van der Waals surface area contributed by atoms with Gasteiger partial charge in [-0.25, -0.2) is 9.69 Å². The summed E-state index contributed by atoms with van der Waals surface area (Å²) >= 11 is 6.46. The Labute approximate surface area is 224 Å². The highest BCUT2D eigenvalue weighted by atomic mass is 35.5. The second-order valence-electron chi connectivity index (χ2n) is 8.20. The van der Waals surface area contributed by atoms with Crippen molar-refractivity contribution in [2.24, 2.45) is 0 Å². The third kappa shape index (κ3) is 5.90. The molecule has 4 rings (SSSR count). The number of halogens is 1. The molecule has 196 valence electrons. The molecule has 9 nitrogen and oxygen atoms in total. The van der Waals surface area contributed by atoms with Crippen LogP contribution in [0.1, 0.15) is 11.1 Å². The molecule has 3 aromatic carbocycles. The molecule has 1 fully saturated rings. The minimum Gasteiger partial charge on any atom is -0.497 e. The summed E-state index contributed by atoms with van der Waals surface area (Å²) in [6.45, 7) is 2.45. The van der Waals surface area contributed by atoms with Crippen molar-refractivity contribution >= 4 is 41.2 Å². The van der Waals surface area contributed by atoms with Gasteiger partial charge in [-0.15, -0.1) is 0 Å². The van der Waals surface area contributed by atoms with E-state index in [1.807, 2.05) is 31.2 Å². The van der Waals surface area contributed by atoms with Gasteiger partial charge in [-0.1, -0.05) is 23.7 Å². The number of amides is 4. The first kappa shape index (κ1) is 26.6. The molecule has 0 spiro atoms. The number of benzene rings is 3. The highest BCUT2D eigenvalue weighted by Gasteiger charge is 2.37. The first-order chi connectivity index (χ1) is 18.3. The van der Waals surface area contributed by atoms with Crippen molar-refractivity contribution in [2.45, 2.75) is 6.92 Å². The smallest absolute Gasteiger partial charge is 0.335 e. The van der Waals surface area contributed by atoms with Gasteiger partial charge < -0.3 is 18.9 Å². The van der Waals surface area contributed by atoms with E-state index in [9.17, 15) is 14.4 Å². The molecule has 10 heteroatoms. The van der Waals surface area contributed by atoms with Crippen LogP contribution in [-0.4, -0.2) is 45.3 Å². The van der Waals surface area contributed by atoms with E-state index < -0.39 is 17.8 Å². The van der Waals surface area contributed by atoms with Crippen LogP contribution in [0.25, 0.3) is 6.08 Å². The van der Waals surface area contributed by atoms with Crippen LogP contribution in [0.3, 0.4) is 0 Å². The second kappa shape index (κ2) is 11.7. The topological polar surface area (TPSA) is 103 Å². The molecule has 0 saturated carbocycles. The number of rotatable bonds is 9. The van der Waals surface area contributed by atoms with Crippen molar-refractivity contribution in [3.05, 3.63) is 82.4 Å². The summed E-state index contributed by atoms with van der Waals surface area (Å²) in [5.74, 6) is 0.258. The molecule has 3 aromatic rings. The molecule has 0 unspecified atom stereocenters. The highest BCUT2D eigenvalue weighted by Crippen LogP contribution is 2.37. The molecule has 0 atom stereocenters. The standard InChI is InChI=1S/C28H25ClN2O7/c1-17-5-4-6-21(13-17)37-11-12-38-25-23(29)15-18(16-24(25)36-3)14-22-26(32)30-28(34)31(27(22)33)19-7-9-20(35-2)10-8-19/h4-10,13-16H,11-12H2,1-3H3,(H,30,32,34)/b22-14+. The van der Waals surface area contributed by atoms with Crippen molar-refractivity contribution < 1.29 is 33.3 Å². The van der Waals surface area contributed by atoms with E-state index in [4.69, 9.17) is 30.5 Å². The van der Waals surface area contributed by atoms with E-state index in [0.29, 0.717) is 22.8 Å². The molecule has 0 aromatic heterocycles. The van der Waals surface area contributed by atoms with E-state index >= 15 is 0 Å². The molecule has 1 aliphatic rings. The Morgan fingerprint density at radius 1 is 0.895 bits per heavy atom. The zero-order valence-electron chi connectivity index (χ0n) is 20.9. The van der Waals surface area contributed by atoms with Crippen molar-refractivity contribution in [1.82, 2.24) is 5.32 Å². The third-order valence-electron chi connectivity index (χ3n) is 5.58. The zero-order valence-corrected chi connectivity index (χ0v) is 21.7. The Kier molecular flexibility index (Phi) is 8.18. The predicted octanol–water partition coefficient (Wildman–Crippen LogP) is 4.79. The van der Waals surface area contributed by atoms with E-state index in [2.05, 4.69) is 5.32 Å². The lowest BCUT2D eigenvalue weighted by Crippen LogP contribution is -2.54. The maximum atomic E-state index is 13.2. The predicted molar refractivity (Wildman–Crippen MR) is 142 cm³/mol. The number of imide groups is 2. The lowest BCUT2D eigenvalue weighted by Gasteiger charge is -2.26. The highest BCUT2D eigenvalue weighted by molar-refractivity contribution is 6.39. The molecular weight excluding hydrogens is 512 g/mol. The van der Waals surface area contributed by atoms with Gasteiger partial charge in [0.1, 0.15) is 30.3 Å². The number of nitrogens with one attached hydrogen (secondary N) is 1. The lowest BCUT2D eigenvalue weighted by atomic mass is 10.1. The van der Waals surface area contributed by atoms with Gasteiger partial charge in [0.2, 0.25) is 0 Å². The summed E-state index contributed by atoms with van der Waals surface area (Å²) in [4.78, 5) is 39.0. The monoisotopic (exact) mass is 536 g/mol. The number of aryl methyl sites for hydroxylation is 1. The van der Waals surface area contributed by atoms with E-state index in [0.717, 1.165) is 16.2 Å². The molecule has 0 radical (unpaired) electrons. The van der Waals surface area contributed by atoms with Crippen LogP contribution in [0.2, 0.25) is 5.02 Å². The normalized spacial score (nSPS) is 14.4. The average molecular weight is 537 g/mol. The Morgan fingerprint density at radius 2 is 1.63 bits per heavy atom. The number of carbonyl (C=O) groups excluding carboxylic acids is 3. The number of barbiturate groups is 1. The maximum absolute atomic E-state index is 13.2. The van der Waals surface area contributed by atoms with Gasteiger partial charge in [0.25, 0.3) is 11.8 Å². The minimum atomic E-state index is -0.852. The van der Waals surface area contributed by atoms with Gasteiger partial charge >= 0.3 is 6.03 Å². The van der Waals surface area contributed by atoms with Crippen LogP contribution in [0, 0.1) is 6.92 Å². The van der Waals surface area contributed by atoms with Gasteiger partial charge in [-0.05, 0) is 72.7 Å². The number of hydrogen-bond donors (Lipinski definition) is 1. The number of anilines is 1. The fourth-order valence-corrected chi connectivity index (χ4v) is 4.04. The number of ether oxygens (including phenoxy) is 4. The number of methoxy groups -OCH3 is 2. The number of hydrogen-bond acceptors (Lipinski definition) is 7. The Balaban J connectivity index is 1.52. The van der Waals surface area contributed by atoms with E-state index in [1.165, 1.54) is 26.4 Å². The quantitative estimate of drug-likeness (QED) is 0.238. The summed E-state index contributed by atoms with van der Waals surface area (Å²) in [5, 5.41) is 2.39. The molecule has 0 bridgehead atoms. The fourth-order valence-electron chi connectivity index (χ4n) is 3.76. The Bertz CT molecular complexity index is 1400. The molecule has 38 heavy (non-hydrogen) atoms. The maximum Gasteiger partial charge on any atom is 0.335 e. The second-order valence-corrected chi connectivity index (χ2v) is 8.61. The summed E-state index contributed by atoms with van der Waals surface area (Å²) < 4.78 is 22.0. The van der Waals surface area contributed by atoms with Crippen LogP contribution in [0.4, 0.5) is 10.5 Å². The van der Waals surface area contributed by atoms with Gasteiger partial charge in [0.15, 0.2) is 11.5 Å². The summed E-state index contributed by atoms with van der Waals surface area (Å²) in [7, 11) is 2.95. The summed E-state index contributed by atoms with van der Waals surface area (Å²) in [6.07, 6.45) is 1.33. The Hall–Kier alpha value is -4.50. The minimum absolute atomic E-state index is 0.199. The summed E-state index contributed by atoms with van der Waals surface area (Å²) in [5.41, 5.74) is 1.51. The van der Waals surface area contributed by atoms with Gasteiger partial charge in [-0.3, -0.25) is 14.9 Å². The summed E-state index contributed by atoms with van der Waals surface area (Å²) in [6, 6.07) is 16.2. The van der Waals surface area contributed by atoms with E-state index in [1.54, 1.807) is 30.3 Å². The fraction of sp³-hybridized carbons (Fsp3) is 0.179. The van der Waals surface area contributed by atoms with Crippen LogP contribution >= 0.6 is 11.6 Å². The van der Waals surface area contributed by atoms with Crippen LogP contribution in [0.15, 0.2) is 66.2 Å². The average Bonchev–Trinajstić information content (AvgIpc) is 2.90. The van der Waals surface area contributed by atoms with Crippen molar-refractivity contribution in [2.75, 3.05) is 32.3 Å². The van der Waals surface area contributed by atoms with Crippen molar-refractivity contribution in [3.8, 4) is 23.0 Å². The van der Waals surface area contributed by atoms with Gasteiger partial charge in [0.05, 0.1) is 24.9 Å². The molecule has 4 amide bonds. The number of carbonyl (C=O) groups is 3. The first-order valence-corrected chi connectivity index (χ1v) is 11.9. The molecule has 1 N–H and O–H groups in total. The van der Waals surface area contributed by atoms with Gasteiger partial charge in [0, 0.05) is 0 Å². The third-order valence-corrected chi connectivity index (χ3v) is 5.86. The van der Waals surface area contributed by atoms with Crippen LogP contribution < -0.4 is 29.2 Å². The molecule has 1 saturated heterocycles. The Morgan fingerprint density at radius 3 is 2.32 bits per heavy atom. The molecule has 0 aliphatic carbocycles. The SMILES string of the molecule is COc1ccc(N2C(=O)NC(=O)/C(=C\c3cc(Cl)c(OCCOc4cccc(C)c4)c(OC)c3)C2=O)cc1. The molecule has 1 heterocycles. The van der Waals surface area contributed by atoms with Crippen LogP contribution in [-0.2, 0) is 9.59 Å². The molecule has 1 aliphatic heterocycles. The lowest BCUT2D eigenvalue weighted by molar-refractivity contribution is -0.122. The first-order valence-electron chi connectivity index (χ1n) is 11.6. The zero-order chi connectivity index (χ0) is 27.2. The van der Waals surface area contributed by atoms with E-state index in [-0.39, 0.29) is 29.5 Å². The van der Waals surface area contributed by atoms with Gasteiger partial charge in [-0.2, -0.15) is 0 Å². The largest absolute Gasteiger partial charge is 0.497 e. The number of nitrogens with zero attached hydrogens (tertiary/aromatic N) is 1.